The number of benzene rings is 1. The van der Waals surface area contributed by atoms with Crippen LogP contribution >= 0.6 is 0 Å². The van der Waals surface area contributed by atoms with Gasteiger partial charge < -0.3 is 14.2 Å². The van der Waals surface area contributed by atoms with Gasteiger partial charge in [-0.25, -0.2) is 18.4 Å². The molecular formula is C27H35N5O6S. The van der Waals surface area contributed by atoms with Crippen LogP contribution in [0.4, 0.5) is 0 Å². The van der Waals surface area contributed by atoms with Crippen molar-refractivity contribution in [3.05, 3.63) is 53.6 Å². The van der Waals surface area contributed by atoms with Crippen molar-refractivity contribution in [2.75, 3.05) is 14.2 Å². The highest BCUT2D eigenvalue weighted by atomic mass is 32.2. The molecule has 0 aliphatic heterocycles. The van der Waals surface area contributed by atoms with Gasteiger partial charge in [0.1, 0.15) is 40.7 Å². The molecule has 2 aromatic heterocycles. The van der Waals surface area contributed by atoms with Crippen LogP contribution in [0.15, 0.2) is 30.6 Å². The molecule has 0 spiro atoms. The molecular weight excluding hydrogens is 522 g/mol. The molecule has 0 N–H and O–H groups in total. The van der Waals surface area contributed by atoms with Gasteiger partial charge in [-0.15, -0.1) is 10.2 Å². The highest BCUT2D eigenvalue weighted by molar-refractivity contribution is 7.91. The number of ketones is 1. The Balaban J connectivity index is 1.79. The highest BCUT2D eigenvalue weighted by Crippen LogP contribution is 2.39. The number of methoxy groups -OCH3 is 2. The summed E-state index contributed by atoms with van der Waals surface area (Å²) in [4.78, 5) is 20.8. The highest BCUT2D eigenvalue weighted by Gasteiger charge is 2.37. The number of rotatable bonds is 11. The molecule has 0 amide bonds. The van der Waals surface area contributed by atoms with Crippen LogP contribution in [0.5, 0.6) is 11.5 Å². The van der Waals surface area contributed by atoms with Gasteiger partial charge in [0.15, 0.2) is 21.5 Å². The van der Waals surface area contributed by atoms with E-state index in [1.165, 1.54) is 14.2 Å². The molecule has 0 bridgehead atoms. The Morgan fingerprint density at radius 1 is 1.05 bits per heavy atom. The van der Waals surface area contributed by atoms with Crippen LogP contribution in [0, 0.1) is 6.92 Å². The third kappa shape index (κ3) is 6.11. The maximum Gasteiger partial charge on any atom is 0.163 e. The van der Waals surface area contributed by atoms with Gasteiger partial charge in [-0.1, -0.05) is 6.07 Å². The molecule has 39 heavy (non-hydrogen) atoms. The monoisotopic (exact) mass is 557 g/mol. The Hall–Kier alpha value is -3.38. The lowest BCUT2D eigenvalue weighted by atomic mass is 10.1. The first-order valence-electron chi connectivity index (χ1n) is 12.9. The van der Waals surface area contributed by atoms with E-state index in [2.05, 4.69) is 20.2 Å². The minimum Gasteiger partial charge on any atom is -0.494 e. The second-order valence-corrected chi connectivity index (χ2v) is 12.4. The predicted octanol–water partition coefficient (Wildman–Crippen LogP) is 3.69. The van der Waals surface area contributed by atoms with Crippen molar-refractivity contribution < 1.29 is 27.4 Å². The molecule has 1 aliphatic carbocycles. The average Bonchev–Trinajstić information content (AvgIpc) is 3.52. The zero-order chi connectivity index (χ0) is 28.3. The lowest BCUT2D eigenvalue weighted by Crippen LogP contribution is -2.32. The van der Waals surface area contributed by atoms with Crippen LogP contribution in [-0.2, 0) is 25.1 Å². The Kier molecular flexibility index (Phi) is 8.65. The Labute approximate surface area is 228 Å². The number of hydrogen-bond donors (Lipinski definition) is 0. The first-order chi connectivity index (χ1) is 18.6. The fraction of sp³-hybridized carbons (Fsp3) is 0.519. The van der Waals surface area contributed by atoms with Crippen molar-refractivity contribution in [1.29, 1.82) is 0 Å². The SMILES string of the molecule is COc1cccc(OC)c1-n1c(CS(=O)(=O)[C@@H](C)[C@@H](OC(C)C)c2ncc(C)cn2)nnc1[C@H]1CCC(=O)C1. The first kappa shape index (κ1) is 28.6. The van der Waals surface area contributed by atoms with Gasteiger partial charge in [-0.3, -0.25) is 9.36 Å². The number of hydrogen-bond acceptors (Lipinski definition) is 10. The number of aryl methyl sites for hydroxylation is 1. The van der Waals surface area contributed by atoms with Crippen LogP contribution in [0.2, 0.25) is 0 Å². The molecule has 1 aromatic carbocycles. The summed E-state index contributed by atoms with van der Waals surface area (Å²) in [5.74, 6) is 1.39. The van der Waals surface area contributed by atoms with Crippen LogP contribution in [0.25, 0.3) is 5.69 Å². The van der Waals surface area contributed by atoms with E-state index in [1.807, 2.05) is 20.8 Å². The summed E-state index contributed by atoms with van der Waals surface area (Å²) in [6, 6.07) is 5.28. The predicted molar refractivity (Wildman–Crippen MR) is 144 cm³/mol. The number of carbonyl (C=O) groups excluding carboxylic acids is 1. The molecule has 11 nitrogen and oxygen atoms in total. The van der Waals surface area contributed by atoms with E-state index < -0.39 is 26.9 Å². The Bertz CT molecular complexity index is 1400. The molecule has 2 heterocycles. The summed E-state index contributed by atoms with van der Waals surface area (Å²) < 4.78 is 46.8. The summed E-state index contributed by atoms with van der Waals surface area (Å²) >= 11 is 0. The van der Waals surface area contributed by atoms with Crippen LogP contribution in [-0.4, -0.2) is 64.5 Å². The van der Waals surface area contributed by atoms with Gasteiger partial charge in [-0.2, -0.15) is 0 Å². The molecule has 12 heteroatoms. The van der Waals surface area contributed by atoms with E-state index >= 15 is 0 Å². The number of carbonyl (C=O) groups is 1. The molecule has 1 saturated carbocycles. The van der Waals surface area contributed by atoms with E-state index in [1.54, 1.807) is 42.1 Å². The molecule has 0 radical (unpaired) electrons. The maximum absolute atomic E-state index is 13.9. The fourth-order valence-electron chi connectivity index (χ4n) is 4.74. The van der Waals surface area contributed by atoms with E-state index in [0.717, 1.165) is 5.56 Å². The van der Waals surface area contributed by atoms with Crippen molar-refractivity contribution in [2.24, 2.45) is 0 Å². The Morgan fingerprint density at radius 2 is 1.69 bits per heavy atom. The number of aromatic nitrogens is 5. The molecule has 0 saturated heterocycles. The number of sulfone groups is 1. The third-order valence-electron chi connectivity index (χ3n) is 6.79. The molecule has 3 aromatic rings. The second-order valence-electron chi connectivity index (χ2n) is 10.0. The van der Waals surface area contributed by atoms with E-state index in [4.69, 9.17) is 14.2 Å². The molecule has 3 atom stereocenters. The Morgan fingerprint density at radius 3 is 2.23 bits per heavy atom. The van der Waals surface area contributed by atoms with Gasteiger partial charge >= 0.3 is 0 Å². The quantitative estimate of drug-likeness (QED) is 0.343. The molecule has 0 unspecified atom stereocenters. The van der Waals surface area contributed by atoms with Gasteiger partial charge in [0.2, 0.25) is 0 Å². The molecule has 1 fully saturated rings. The smallest absolute Gasteiger partial charge is 0.163 e. The molecule has 210 valence electrons. The second kappa shape index (κ2) is 11.8. The summed E-state index contributed by atoms with van der Waals surface area (Å²) in [6.45, 7) is 7.11. The standard InChI is InChI=1S/C27H35N5O6S/c1-16(2)38-25(26-28-13-17(3)14-29-26)18(4)39(34,35)15-23-30-31-27(19-10-11-20(33)12-19)32(23)24-21(36-5)8-7-9-22(24)37-6/h7-9,13-14,16,18-19,25H,10-12,15H2,1-6H3/t18-,19-,25+/m0/s1. The molecule has 4 rings (SSSR count). The maximum atomic E-state index is 13.9. The zero-order valence-electron chi connectivity index (χ0n) is 23.1. The van der Waals surface area contributed by atoms with Crippen molar-refractivity contribution in [1.82, 2.24) is 24.7 Å². The number of ether oxygens (including phenoxy) is 3. The zero-order valence-corrected chi connectivity index (χ0v) is 23.9. The number of nitrogens with zero attached hydrogens (tertiary/aromatic N) is 5. The van der Waals surface area contributed by atoms with Crippen LogP contribution in [0.3, 0.4) is 0 Å². The van der Waals surface area contributed by atoms with Crippen molar-refractivity contribution in [3.63, 3.8) is 0 Å². The van der Waals surface area contributed by atoms with Gasteiger partial charge in [0.05, 0.1) is 25.6 Å². The van der Waals surface area contributed by atoms with E-state index in [0.29, 0.717) is 48.1 Å². The number of Topliss-reactive ketones (excluding diaryl/α,β-unsaturated/α-hetero) is 1. The summed E-state index contributed by atoms with van der Waals surface area (Å²) in [7, 11) is -0.838. The fourth-order valence-corrected chi connectivity index (χ4v) is 6.11. The minimum absolute atomic E-state index is 0.135. The van der Waals surface area contributed by atoms with Crippen molar-refractivity contribution >= 4 is 15.6 Å². The normalized spacial score (nSPS) is 17.4. The van der Waals surface area contributed by atoms with Gasteiger partial charge in [0.25, 0.3) is 0 Å². The summed E-state index contributed by atoms with van der Waals surface area (Å²) in [5, 5.41) is 7.72. The third-order valence-corrected chi connectivity index (χ3v) is 8.83. The van der Waals surface area contributed by atoms with Crippen molar-refractivity contribution in [3.8, 4) is 17.2 Å². The summed E-state index contributed by atoms with van der Waals surface area (Å²) in [5.41, 5.74) is 1.34. The largest absolute Gasteiger partial charge is 0.494 e. The lowest BCUT2D eigenvalue weighted by molar-refractivity contribution is -0.117. The average molecular weight is 558 g/mol. The summed E-state index contributed by atoms with van der Waals surface area (Å²) in [6.07, 6.45) is 3.48. The topological polar surface area (TPSA) is 135 Å². The first-order valence-corrected chi connectivity index (χ1v) is 14.6. The van der Waals surface area contributed by atoms with Gasteiger partial charge in [-0.05, 0) is 51.8 Å². The van der Waals surface area contributed by atoms with Crippen LogP contribution in [0.1, 0.15) is 75.1 Å². The molecule has 1 aliphatic rings. The van der Waals surface area contributed by atoms with E-state index in [9.17, 15) is 13.2 Å². The van der Waals surface area contributed by atoms with E-state index in [-0.39, 0.29) is 23.6 Å². The van der Waals surface area contributed by atoms with Crippen molar-refractivity contribution in [2.45, 2.75) is 76.1 Å². The lowest BCUT2D eigenvalue weighted by Gasteiger charge is -2.25. The van der Waals surface area contributed by atoms with Gasteiger partial charge in [0, 0.05) is 31.2 Å². The van der Waals surface area contributed by atoms with Crippen LogP contribution < -0.4 is 9.47 Å². The minimum atomic E-state index is -3.88. The number of para-hydroxylation sites is 1.